The molecule has 1 N–H and O–H groups in total. The Balaban J connectivity index is 2.16. The summed E-state index contributed by atoms with van der Waals surface area (Å²) in [6.07, 6.45) is 3.79. The molecule has 0 saturated carbocycles. The molecule has 1 aliphatic heterocycles. The van der Waals surface area contributed by atoms with Gasteiger partial charge in [0.15, 0.2) is 0 Å². The van der Waals surface area contributed by atoms with E-state index in [2.05, 4.69) is 48.5 Å². The standard InChI is InChI=1S/C15H24N2/c1-3-4-11-17(2)15-9-10-16-12-13-7-5-6-8-14(13)15/h5-8,15-16H,3-4,9-12H2,1-2H3. The van der Waals surface area contributed by atoms with Crippen molar-refractivity contribution in [3.63, 3.8) is 0 Å². The monoisotopic (exact) mass is 232 g/mol. The van der Waals surface area contributed by atoms with Gasteiger partial charge in [-0.3, -0.25) is 4.90 Å². The maximum Gasteiger partial charge on any atom is 0.0360 e. The molecule has 2 rings (SSSR count). The van der Waals surface area contributed by atoms with Crippen LogP contribution in [0.5, 0.6) is 0 Å². The molecule has 0 saturated heterocycles. The van der Waals surface area contributed by atoms with Gasteiger partial charge in [0.05, 0.1) is 0 Å². The second kappa shape index (κ2) is 6.18. The predicted molar refractivity (Wildman–Crippen MR) is 73.0 cm³/mol. The Bertz CT molecular complexity index is 349. The summed E-state index contributed by atoms with van der Waals surface area (Å²) in [6, 6.07) is 9.47. The Labute approximate surface area is 105 Å². The van der Waals surface area contributed by atoms with Gasteiger partial charge in [-0.15, -0.1) is 0 Å². The maximum absolute atomic E-state index is 3.52. The van der Waals surface area contributed by atoms with E-state index in [0.29, 0.717) is 6.04 Å². The van der Waals surface area contributed by atoms with E-state index in [1.54, 1.807) is 0 Å². The molecule has 0 aromatic heterocycles. The average Bonchev–Trinajstić information content (AvgIpc) is 2.58. The number of fused-ring (bicyclic) bond motifs is 1. The molecule has 1 aromatic carbocycles. The first-order valence-corrected chi connectivity index (χ1v) is 6.81. The van der Waals surface area contributed by atoms with E-state index < -0.39 is 0 Å². The lowest BCUT2D eigenvalue weighted by Gasteiger charge is -2.28. The highest BCUT2D eigenvalue weighted by atomic mass is 15.1. The second-order valence-corrected chi connectivity index (χ2v) is 5.01. The molecule has 1 aromatic rings. The third-order valence-electron chi connectivity index (χ3n) is 3.72. The van der Waals surface area contributed by atoms with Crippen LogP contribution in [0.25, 0.3) is 0 Å². The van der Waals surface area contributed by atoms with Gasteiger partial charge in [0.1, 0.15) is 0 Å². The fraction of sp³-hybridized carbons (Fsp3) is 0.600. The molecule has 1 heterocycles. The summed E-state index contributed by atoms with van der Waals surface area (Å²) in [7, 11) is 2.27. The van der Waals surface area contributed by atoms with Crippen LogP contribution in [0.4, 0.5) is 0 Å². The summed E-state index contributed by atoms with van der Waals surface area (Å²) in [6.45, 7) is 5.61. The van der Waals surface area contributed by atoms with E-state index in [1.165, 1.54) is 36.9 Å². The molecule has 2 heteroatoms. The highest BCUT2D eigenvalue weighted by molar-refractivity contribution is 5.31. The maximum atomic E-state index is 3.52. The Morgan fingerprint density at radius 3 is 3.00 bits per heavy atom. The number of nitrogens with one attached hydrogen (secondary N) is 1. The Morgan fingerprint density at radius 2 is 2.18 bits per heavy atom. The lowest BCUT2D eigenvalue weighted by Crippen LogP contribution is -2.27. The van der Waals surface area contributed by atoms with Gasteiger partial charge < -0.3 is 5.32 Å². The van der Waals surface area contributed by atoms with Gasteiger partial charge in [-0.05, 0) is 44.1 Å². The van der Waals surface area contributed by atoms with E-state index in [-0.39, 0.29) is 0 Å². The molecule has 1 atom stereocenters. The number of benzene rings is 1. The van der Waals surface area contributed by atoms with Crippen molar-refractivity contribution in [2.75, 3.05) is 20.1 Å². The normalized spacial score (nSPS) is 20.1. The molecule has 0 fully saturated rings. The Hall–Kier alpha value is -0.860. The fourth-order valence-electron chi connectivity index (χ4n) is 2.66. The first-order chi connectivity index (χ1) is 8.33. The van der Waals surface area contributed by atoms with E-state index >= 15 is 0 Å². The van der Waals surface area contributed by atoms with Crippen molar-refractivity contribution in [2.24, 2.45) is 0 Å². The molecule has 0 amide bonds. The number of rotatable bonds is 4. The van der Waals surface area contributed by atoms with Crippen LogP contribution in [0, 0.1) is 0 Å². The van der Waals surface area contributed by atoms with Crippen molar-refractivity contribution < 1.29 is 0 Å². The quantitative estimate of drug-likeness (QED) is 0.858. The van der Waals surface area contributed by atoms with Gasteiger partial charge in [0.25, 0.3) is 0 Å². The van der Waals surface area contributed by atoms with Gasteiger partial charge in [-0.25, -0.2) is 0 Å². The van der Waals surface area contributed by atoms with Crippen LogP contribution in [-0.4, -0.2) is 25.0 Å². The summed E-state index contributed by atoms with van der Waals surface area (Å²) in [4.78, 5) is 2.52. The van der Waals surface area contributed by atoms with Crippen LogP contribution in [0.1, 0.15) is 43.4 Å². The highest BCUT2D eigenvalue weighted by Gasteiger charge is 2.21. The number of unbranched alkanes of at least 4 members (excludes halogenated alkanes) is 1. The van der Waals surface area contributed by atoms with Crippen LogP contribution >= 0.6 is 0 Å². The number of nitrogens with zero attached hydrogens (tertiary/aromatic N) is 1. The minimum absolute atomic E-state index is 0.591. The largest absolute Gasteiger partial charge is 0.313 e. The van der Waals surface area contributed by atoms with E-state index in [1.807, 2.05) is 0 Å². The number of hydrogen-bond donors (Lipinski definition) is 1. The van der Waals surface area contributed by atoms with Crippen molar-refractivity contribution in [3.05, 3.63) is 35.4 Å². The zero-order valence-electron chi connectivity index (χ0n) is 11.1. The zero-order valence-corrected chi connectivity index (χ0v) is 11.1. The summed E-state index contributed by atoms with van der Waals surface area (Å²) in [5, 5.41) is 3.52. The van der Waals surface area contributed by atoms with Crippen molar-refractivity contribution in [1.82, 2.24) is 10.2 Å². The van der Waals surface area contributed by atoms with Gasteiger partial charge in [-0.2, -0.15) is 0 Å². The first kappa shape index (κ1) is 12.6. The average molecular weight is 232 g/mol. The van der Waals surface area contributed by atoms with Gasteiger partial charge in [-0.1, -0.05) is 37.6 Å². The number of hydrogen-bond acceptors (Lipinski definition) is 2. The van der Waals surface area contributed by atoms with Crippen LogP contribution in [0.3, 0.4) is 0 Å². The van der Waals surface area contributed by atoms with Gasteiger partial charge in [0.2, 0.25) is 0 Å². The third kappa shape index (κ3) is 3.08. The van der Waals surface area contributed by atoms with Crippen molar-refractivity contribution >= 4 is 0 Å². The van der Waals surface area contributed by atoms with Gasteiger partial charge >= 0.3 is 0 Å². The third-order valence-corrected chi connectivity index (χ3v) is 3.72. The molecule has 0 aliphatic carbocycles. The Morgan fingerprint density at radius 1 is 1.35 bits per heavy atom. The fourth-order valence-corrected chi connectivity index (χ4v) is 2.66. The van der Waals surface area contributed by atoms with Crippen molar-refractivity contribution in [3.8, 4) is 0 Å². The van der Waals surface area contributed by atoms with E-state index in [0.717, 1.165) is 13.1 Å². The zero-order chi connectivity index (χ0) is 12.1. The second-order valence-electron chi connectivity index (χ2n) is 5.01. The minimum atomic E-state index is 0.591. The SMILES string of the molecule is CCCCN(C)C1CCNCc2ccccc21. The first-order valence-electron chi connectivity index (χ1n) is 6.81. The molecule has 2 nitrogen and oxygen atoms in total. The van der Waals surface area contributed by atoms with E-state index in [4.69, 9.17) is 0 Å². The predicted octanol–water partition coefficient (Wildman–Crippen LogP) is 2.95. The molecule has 17 heavy (non-hydrogen) atoms. The molecule has 0 spiro atoms. The van der Waals surface area contributed by atoms with Crippen LogP contribution in [-0.2, 0) is 6.54 Å². The molecular formula is C15H24N2. The molecule has 0 radical (unpaired) electrons. The summed E-state index contributed by atoms with van der Waals surface area (Å²) >= 11 is 0. The van der Waals surface area contributed by atoms with Crippen molar-refractivity contribution in [1.29, 1.82) is 0 Å². The molecule has 1 aliphatic rings. The Kier molecular flexibility index (Phi) is 4.57. The molecule has 94 valence electrons. The molecule has 0 bridgehead atoms. The van der Waals surface area contributed by atoms with Gasteiger partial charge in [0, 0.05) is 12.6 Å². The molecular weight excluding hydrogens is 208 g/mol. The van der Waals surface area contributed by atoms with Crippen LogP contribution in [0.15, 0.2) is 24.3 Å². The minimum Gasteiger partial charge on any atom is -0.313 e. The van der Waals surface area contributed by atoms with Crippen LogP contribution < -0.4 is 5.32 Å². The topological polar surface area (TPSA) is 15.3 Å². The lowest BCUT2D eigenvalue weighted by atomic mass is 9.98. The summed E-state index contributed by atoms with van der Waals surface area (Å²) in [5.41, 5.74) is 2.99. The summed E-state index contributed by atoms with van der Waals surface area (Å²) in [5.74, 6) is 0. The van der Waals surface area contributed by atoms with E-state index in [9.17, 15) is 0 Å². The molecule has 1 unspecified atom stereocenters. The lowest BCUT2D eigenvalue weighted by molar-refractivity contribution is 0.231. The summed E-state index contributed by atoms with van der Waals surface area (Å²) < 4.78 is 0. The highest BCUT2D eigenvalue weighted by Crippen LogP contribution is 2.28. The van der Waals surface area contributed by atoms with Crippen molar-refractivity contribution in [2.45, 2.75) is 38.8 Å². The van der Waals surface area contributed by atoms with Crippen LogP contribution in [0.2, 0.25) is 0 Å². The smallest absolute Gasteiger partial charge is 0.0360 e.